The molecule has 2 fully saturated rings. The fourth-order valence-electron chi connectivity index (χ4n) is 4.39. The van der Waals surface area contributed by atoms with Gasteiger partial charge in [0.25, 0.3) is 5.91 Å². The SMILES string of the molecule is Cc1ccc(C(=O)N2CCC(c3nnnn3C3CCCC3)(N(C)C)C2)cn1. The molecule has 3 heterocycles. The zero-order valence-corrected chi connectivity index (χ0v) is 16.3. The molecule has 27 heavy (non-hydrogen) atoms. The third kappa shape index (κ3) is 3.12. The lowest BCUT2D eigenvalue weighted by atomic mass is 9.95. The number of tetrazole rings is 1. The summed E-state index contributed by atoms with van der Waals surface area (Å²) in [6.45, 7) is 3.19. The molecule has 1 atom stereocenters. The molecule has 2 aromatic heterocycles. The van der Waals surface area contributed by atoms with Crippen molar-refractivity contribution in [2.24, 2.45) is 0 Å². The van der Waals surface area contributed by atoms with Crippen LogP contribution in [0.3, 0.4) is 0 Å². The molecule has 1 aliphatic heterocycles. The lowest BCUT2D eigenvalue weighted by Crippen LogP contribution is -2.47. The molecule has 0 aromatic carbocycles. The number of rotatable bonds is 4. The van der Waals surface area contributed by atoms with Crippen molar-refractivity contribution in [1.82, 2.24) is 35.0 Å². The zero-order valence-electron chi connectivity index (χ0n) is 16.3. The second-order valence-corrected chi connectivity index (χ2v) is 7.98. The van der Waals surface area contributed by atoms with Crippen molar-refractivity contribution in [2.45, 2.75) is 50.6 Å². The molecule has 0 bridgehead atoms. The van der Waals surface area contributed by atoms with Crippen LogP contribution in [-0.4, -0.2) is 68.1 Å². The Morgan fingerprint density at radius 1 is 1.26 bits per heavy atom. The van der Waals surface area contributed by atoms with E-state index in [4.69, 9.17) is 0 Å². The molecule has 1 saturated heterocycles. The number of pyridine rings is 1. The smallest absolute Gasteiger partial charge is 0.255 e. The molecular weight excluding hydrogens is 342 g/mol. The Labute approximate surface area is 159 Å². The molecule has 0 spiro atoms. The molecule has 0 radical (unpaired) electrons. The monoisotopic (exact) mass is 369 g/mol. The fourth-order valence-corrected chi connectivity index (χ4v) is 4.39. The van der Waals surface area contributed by atoms with Gasteiger partial charge in [0.1, 0.15) is 5.54 Å². The molecule has 1 saturated carbocycles. The maximum Gasteiger partial charge on any atom is 0.255 e. The van der Waals surface area contributed by atoms with Crippen LogP contribution in [0, 0.1) is 6.92 Å². The van der Waals surface area contributed by atoms with Crippen molar-refractivity contribution in [3.63, 3.8) is 0 Å². The first-order valence-electron chi connectivity index (χ1n) is 9.69. The third-order valence-electron chi connectivity index (χ3n) is 6.13. The molecule has 2 aromatic rings. The van der Waals surface area contributed by atoms with Gasteiger partial charge in [-0.2, -0.15) is 0 Å². The summed E-state index contributed by atoms with van der Waals surface area (Å²) in [5.74, 6) is 0.905. The van der Waals surface area contributed by atoms with Crippen LogP contribution >= 0.6 is 0 Å². The molecule has 1 amide bonds. The predicted octanol–water partition coefficient (Wildman–Crippen LogP) is 1.79. The minimum atomic E-state index is -0.361. The van der Waals surface area contributed by atoms with E-state index in [9.17, 15) is 4.79 Å². The summed E-state index contributed by atoms with van der Waals surface area (Å²) >= 11 is 0. The Hall–Kier alpha value is -2.35. The second kappa shape index (κ2) is 6.99. The van der Waals surface area contributed by atoms with Crippen LogP contribution in [0.15, 0.2) is 18.3 Å². The lowest BCUT2D eigenvalue weighted by molar-refractivity contribution is 0.0737. The highest BCUT2D eigenvalue weighted by molar-refractivity contribution is 5.94. The molecular formula is C19H27N7O. The van der Waals surface area contributed by atoms with E-state index in [-0.39, 0.29) is 11.4 Å². The predicted molar refractivity (Wildman–Crippen MR) is 100 cm³/mol. The van der Waals surface area contributed by atoms with Crippen LogP contribution < -0.4 is 0 Å². The molecule has 4 rings (SSSR count). The normalized spacial score (nSPS) is 23.5. The van der Waals surface area contributed by atoms with Gasteiger partial charge in [-0.1, -0.05) is 12.8 Å². The molecule has 1 unspecified atom stereocenters. The van der Waals surface area contributed by atoms with Crippen molar-refractivity contribution in [1.29, 1.82) is 0 Å². The number of hydrogen-bond acceptors (Lipinski definition) is 6. The van der Waals surface area contributed by atoms with Gasteiger partial charge in [-0.3, -0.25) is 14.7 Å². The number of nitrogens with zero attached hydrogens (tertiary/aromatic N) is 7. The van der Waals surface area contributed by atoms with Gasteiger partial charge in [-0.05, 0) is 62.8 Å². The summed E-state index contributed by atoms with van der Waals surface area (Å²) in [5.41, 5.74) is 1.18. The average molecular weight is 369 g/mol. The quantitative estimate of drug-likeness (QED) is 0.817. The van der Waals surface area contributed by atoms with Gasteiger partial charge < -0.3 is 4.90 Å². The maximum atomic E-state index is 13.0. The largest absolute Gasteiger partial charge is 0.336 e. The maximum absolute atomic E-state index is 13.0. The van der Waals surface area contributed by atoms with E-state index in [0.717, 1.165) is 30.8 Å². The van der Waals surface area contributed by atoms with Crippen LogP contribution in [0.25, 0.3) is 0 Å². The number of aromatic nitrogens is 5. The Bertz CT molecular complexity index is 810. The van der Waals surface area contributed by atoms with Gasteiger partial charge in [0.15, 0.2) is 5.82 Å². The van der Waals surface area contributed by atoms with E-state index in [1.807, 2.05) is 28.6 Å². The van der Waals surface area contributed by atoms with E-state index >= 15 is 0 Å². The molecule has 0 N–H and O–H groups in total. The minimum Gasteiger partial charge on any atom is -0.336 e. The Morgan fingerprint density at radius 3 is 2.70 bits per heavy atom. The number of likely N-dealkylation sites (N-methyl/N-ethyl adjacent to an activating group) is 1. The first kappa shape index (κ1) is 18.0. The van der Waals surface area contributed by atoms with Gasteiger partial charge in [0.2, 0.25) is 0 Å². The Kier molecular flexibility index (Phi) is 4.67. The minimum absolute atomic E-state index is 0.0196. The van der Waals surface area contributed by atoms with Crippen LogP contribution in [0.1, 0.15) is 60.0 Å². The summed E-state index contributed by atoms with van der Waals surface area (Å²) in [6, 6.07) is 4.10. The molecule has 144 valence electrons. The Morgan fingerprint density at radius 2 is 2.04 bits per heavy atom. The highest BCUT2D eigenvalue weighted by Crippen LogP contribution is 2.38. The number of likely N-dealkylation sites (tertiary alicyclic amines) is 1. The van der Waals surface area contributed by atoms with Gasteiger partial charge in [0.05, 0.1) is 11.6 Å². The van der Waals surface area contributed by atoms with Gasteiger partial charge in [0, 0.05) is 25.0 Å². The summed E-state index contributed by atoms with van der Waals surface area (Å²) in [6.07, 6.45) is 7.18. The zero-order chi connectivity index (χ0) is 19.0. The van der Waals surface area contributed by atoms with E-state index in [1.54, 1.807) is 6.20 Å². The Balaban J connectivity index is 1.62. The highest BCUT2D eigenvalue weighted by atomic mass is 16.2. The second-order valence-electron chi connectivity index (χ2n) is 7.98. The van der Waals surface area contributed by atoms with Gasteiger partial charge >= 0.3 is 0 Å². The third-order valence-corrected chi connectivity index (χ3v) is 6.13. The summed E-state index contributed by atoms with van der Waals surface area (Å²) in [5, 5.41) is 12.7. The fraction of sp³-hybridized carbons (Fsp3) is 0.632. The van der Waals surface area contributed by atoms with Crippen molar-refractivity contribution < 1.29 is 4.79 Å². The average Bonchev–Trinajstić information content (AvgIpc) is 3.40. The topological polar surface area (TPSA) is 80.0 Å². The first-order chi connectivity index (χ1) is 13.0. The lowest BCUT2D eigenvalue weighted by Gasteiger charge is -2.35. The van der Waals surface area contributed by atoms with Crippen molar-refractivity contribution in [3.05, 3.63) is 35.4 Å². The number of amides is 1. The molecule has 2 aliphatic rings. The van der Waals surface area contributed by atoms with Crippen LogP contribution in [-0.2, 0) is 5.54 Å². The standard InChI is InChI=1S/C19H27N7O/c1-14-8-9-15(12-20-14)17(27)25-11-10-19(13-25,24(2)3)18-21-22-23-26(18)16-6-4-5-7-16/h8-9,12,16H,4-7,10-11,13H2,1-3H3. The van der Waals surface area contributed by atoms with Crippen molar-refractivity contribution >= 4 is 5.91 Å². The van der Waals surface area contributed by atoms with Gasteiger partial charge in [-0.25, -0.2) is 4.68 Å². The molecule has 1 aliphatic carbocycles. The number of carbonyl (C=O) groups excluding carboxylic acids is 1. The van der Waals surface area contributed by atoms with E-state index in [1.165, 1.54) is 12.8 Å². The van der Waals surface area contributed by atoms with Gasteiger partial charge in [-0.15, -0.1) is 5.10 Å². The summed E-state index contributed by atoms with van der Waals surface area (Å²) in [4.78, 5) is 21.3. The van der Waals surface area contributed by atoms with Crippen molar-refractivity contribution in [2.75, 3.05) is 27.2 Å². The number of hydrogen-bond donors (Lipinski definition) is 0. The molecule has 8 nitrogen and oxygen atoms in total. The number of carbonyl (C=O) groups is 1. The van der Waals surface area contributed by atoms with Crippen LogP contribution in [0.5, 0.6) is 0 Å². The van der Waals surface area contributed by atoms with E-state index in [2.05, 4.69) is 39.5 Å². The number of aryl methyl sites for hydroxylation is 1. The van der Waals surface area contributed by atoms with Crippen LogP contribution in [0.2, 0.25) is 0 Å². The van der Waals surface area contributed by atoms with E-state index in [0.29, 0.717) is 24.7 Å². The summed E-state index contributed by atoms with van der Waals surface area (Å²) in [7, 11) is 4.10. The first-order valence-corrected chi connectivity index (χ1v) is 9.69. The highest BCUT2D eigenvalue weighted by Gasteiger charge is 2.48. The summed E-state index contributed by atoms with van der Waals surface area (Å²) < 4.78 is 2.02. The van der Waals surface area contributed by atoms with Crippen molar-refractivity contribution in [3.8, 4) is 0 Å². The molecule has 8 heteroatoms. The van der Waals surface area contributed by atoms with Crippen LogP contribution in [0.4, 0.5) is 0 Å². The van der Waals surface area contributed by atoms with E-state index < -0.39 is 0 Å².